The number of nitrogens with one attached hydrogen (secondary N) is 1. The van der Waals surface area contributed by atoms with E-state index in [2.05, 4.69) is 15.0 Å². The fourth-order valence-corrected chi connectivity index (χ4v) is 2.98. The average Bonchev–Trinajstić information content (AvgIpc) is 3.14. The van der Waals surface area contributed by atoms with E-state index in [1.807, 2.05) is 0 Å². The number of aromatic amines is 1. The lowest BCUT2D eigenvalue weighted by Gasteiger charge is -2.06. The summed E-state index contributed by atoms with van der Waals surface area (Å²) in [5.74, 6) is -1.75. The van der Waals surface area contributed by atoms with Crippen molar-refractivity contribution in [3.63, 3.8) is 0 Å². The molecule has 7 heteroatoms. The van der Waals surface area contributed by atoms with Gasteiger partial charge in [-0.2, -0.15) is 0 Å². The van der Waals surface area contributed by atoms with Crippen LogP contribution in [0, 0.1) is 5.82 Å². The summed E-state index contributed by atoms with van der Waals surface area (Å²) in [6.45, 7) is 0. The Morgan fingerprint density at radius 1 is 1.03 bits per heavy atom. The number of hydrogen-bond acceptors (Lipinski definition) is 4. The Morgan fingerprint density at radius 2 is 1.76 bits per heavy atom. The molecule has 6 nitrogen and oxygen atoms in total. The molecule has 3 aromatic heterocycles. The van der Waals surface area contributed by atoms with Crippen LogP contribution in [0.15, 0.2) is 67.1 Å². The zero-order valence-electron chi connectivity index (χ0n) is 15.1. The lowest BCUT2D eigenvalue weighted by atomic mass is 10.0. The molecule has 0 bridgehead atoms. The molecule has 4 rings (SSSR count). The molecule has 0 aliphatic carbocycles. The zero-order chi connectivity index (χ0) is 20.4. The van der Waals surface area contributed by atoms with Gasteiger partial charge in [-0.15, -0.1) is 0 Å². The number of amides is 1. The van der Waals surface area contributed by atoms with E-state index in [0.29, 0.717) is 22.3 Å². The molecule has 3 heterocycles. The molecule has 0 aliphatic rings. The molecule has 4 aromatic rings. The topological polar surface area (TPSA) is 102 Å². The van der Waals surface area contributed by atoms with Gasteiger partial charge in [0, 0.05) is 52.3 Å². The number of fused-ring (bicyclic) bond motifs is 1. The van der Waals surface area contributed by atoms with Gasteiger partial charge in [-0.3, -0.25) is 9.59 Å². The van der Waals surface area contributed by atoms with Crippen molar-refractivity contribution in [2.45, 2.75) is 0 Å². The number of carbonyl (C=O) groups excluding carboxylic acids is 2. The van der Waals surface area contributed by atoms with Crippen molar-refractivity contribution in [1.82, 2.24) is 15.0 Å². The van der Waals surface area contributed by atoms with Crippen LogP contribution in [0.5, 0.6) is 0 Å². The quantitative estimate of drug-likeness (QED) is 0.405. The summed E-state index contributed by atoms with van der Waals surface area (Å²) in [5.41, 5.74) is 7.71. The summed E-state index contributed by atoms with van der Waals surface area (Å²) in [6, 6.07) is 11.5. The van der Waals surface area contributed by atoms with E-state index in [9.17, 15) is 14.0 Å². The van der Waals surface area contributed by atoms with E-state index in [0.717, 1.165) is 10.9 Å². The molecule has 0 spiro atoms. The number of nitrogens with two attached hydrogens (primary N) is 1. The monoisotopic (exact) mass is 386 g/mol. The molecular formula is C22H15FN4O2. The second-order valence-electron chi connectivity index (χ2n) is 6.35. The largest absolute Gasteiger partial charge is 0.366 e. The van der Waals surface area contributed by atoms with Crippen molar-refractivity contribution in [2.75, 3.05) is 0 Å². The summed E-state index contributed by atoms with van der Waals surface area (Å²) < 4.78 is 14.6. The lowest BCUT2D eigenvalue weighted by molar-refractivity contribution is -0.113. The first-order chi connectivity index (χ1) is 14.0. The highest BCUT2D eigenvalue weighted by atomic mass is 19.1. The number of nitrogens with zero attached hydrogens (tertiary/aromatic N) is 2. The van der Waals surface area contributed by atoms with Crippen LogP contribution >= 0.6 is 0 Å². The van der Waals surface area contributed by atoms with Gasteiger partial charge in [-0.25, -0.2) is 14.4 Å². The molecule has 0 radical (unpaired) electrons. The van der Waals surface area contributed by atoms with Crippen LogP contribution in [0.25, 0.3) is 28.2 Å². The predicted octanol–water partition coefficient (Wildman–Crippen LogP) is 3.49. The Balaban J connectivity index is 1.71. The third-order valence-corrected chi connectivity index (χ3v) is 4.42. The standard InChI is InChI=1S/C22H15FN4O2/c23-18-9-16(11-25-20(18)21(29)13-4-2-1-3-5-13)15-8-17-14(6-7-19(24)28)10-26-22(17)27-12-15/h1-12H,(H2,24,28)(H,26,27). The Labute approximate surface area is 164 Å². The zero-order valence-corrected chi connectivity index (χ0v) is 15.1. The predicted molar refractivity (Wildman–Crippen MR) is 107 cm³/mol. The van der Waals surface area contributed by atoms with Crippen molar-refractivity contribution in [3.05, 3.63) is 89.8 Å². The van der Waals surface area contributed by atoms with Crippen LogP contribution in [0.1, 0.15) is 21.6 Å². The van der Waals surface area contributed by atoms with Gasteiger partial charge in [-0.1, -0.05) is 30.3 Å². The molecule has 1 aromatic carbocycles. The highest BCUT2D eigenvalue weighted by molar-refractivity contribution is 6.08. The van der Waals surface area contributed by atoms with Crippen molar-refractivity contribution >= 4 is 28.8 Å². The molecule has 0 fully saturated rings. The van der Waals surface area contributed by atoms with Crippen molar-refractivity contribution < 1.29 is 14.0 Å². The summed E-state index contributed by atoms with van der Waals surface area (Å²) in [7, 11) is 0. The molecular weight excluding hydrogens is 371 g/mol. The van der Waals surface area contributed by atoms with E-state index in [1.165, 1.54) is 18.3 Å². The molecule has 0 saturated heterocycles. The third-order valence-electron chi connectivity index (χ3n) is 4.42. The molecule has 0 aliphatic heterocycles. The molecule has 142 valence electrons. The van der Waals surface area contributed by atoms with E-state index >= 15 is 0 Å². The molecule has 29 heavy (non-hydrogen) atoms. The van der Waals surface area contributed by atoms with E-state index in [-0.39, 0.29) is 5.69 Å². The molecule has 0 saturated carbocycles. The van der Waals surface area contributed by atoms with E-state index < -0.39 is 17.5 Å². The number of pyridine rings is 2. The lowest BCUT2D eigenvalue weighted by Crippen LogP contribution is -2.07. The Morgan fingerprint density at radius 3 is 2.48 bits per heavy atom. The summed E-state index contributed by atoms with van der Waals surface area (Å²) in [5, 5.41) is 0.741. The van der Waals surface area contributed by atoms with Gasteiger partial charge in [0.15, 0.2) is 5.82 Å². The number of aromatic nitrogens is 3. The molecule has 3 N–H and O–H groups in total. The summed E-state index contributed by atoms with van der Waals surface area (Å²) in [4.78, 5) is 34.8. The van der Waals surface area contributed by atoms with Gasteiger partial charge >= 0.3 is 0 Å². The van der Waals surface area contributed by atoms with Crippen LogP contribution in [0.3, 0.4) is 0 Å². The normalized spacial score (nSPS) is 11.2. The van der Waals surface area contributed by atoms with Gasteiger partial charge in [0.1, 0.15) is 11.3 Å². The van der Waals surface area contributed by atoms with Crippen LogP contribution in [0.2, 0.25) is 0 Å². The SMILES string of the molecule is NC(=O)C=Cc1c[nH]c2ncc(-c3cnc(C(=O)c4ccccc4)c(F)c3)cc12. The number of H-pyrrole nitrogens is 1. The molecule has 0 unspecified atom stereocenters. The second-order valence-corrected chi connectivity index (χ2v) is 6.35. The Kier molecular flexibility index (Phi) is 4.70. The Bertz CT molecular complexity index is 1260. The maximum absolute atomic E-state index is 14.6. The van der Waals surface area contributed by atoms with Crippen molar-refractivity contribution in [2.24, 2.45) is 5.73 Å². The summed E-state index contributed by atoms with van der Waals surface area (Å²) in [6.07, 6.45) is 7.54. The maximum Gasteiger partial charge on any atom is 0.241 e. The number of carbonyl (C=O) groups is 2. The number of primary amides is 1. The van der Waals surface area contributed by atoms with Crippen LogP contribution in [0.4, 0.5) is 4.39 Å². The van der Waals surface area contributed by atoms with Crippen molar-refractivity contribution in [1.29, 1.82) is 0 Å². The van der Waals surface area contributed by atoms with Crippen LogP contribution < -0.4 is 5.73 Å². The number of benzene rings is 1. The highest BCUT2D eigenvalue weighted by Gasteiger charge is 2.17. The van der Waals surface area contributed by atoms with Gasteiger partial charge in [0.05, 0.1) is 0 Å². The Hall–Kier alpha value is -4.13. The minimum Gasteiger partial charge on any atom is -0.366 e. The number of hydrogen-bond donors (Lipinski definition) is 2. The first-order valence-electron chi connectivity index (χ1n) is 8.73. The number of rotatable bonds is 5. The fraction of sp³-hybridized carbons (Fsp3) is 0. The van der Waals surface area contributed by atoms with Gasteiger partial charge in [-0.05, 0) is 18.2 Å². The van der Waals surface area contributed by atoms with Gasteiger partial charge < -0.3 is 10.7 Å². The average molecular weight is 386 g/mol. The summed E-state index contributed by atoms with van der Waals surface area (Å²) >= 11 is 0. The first-order valence-corrected chi connectivity index (χ1v) is 8.73. The molecule has 0 atom stereocenters. The van der Waals surface area contributed by atoms with Crippen LogP contribution in [-0.4, -0.2) is 26.6 Å². The third kappa shape index (κ3) is 3.66. The van der Waals surface area contributed by atoms with E-state index in [4.69, 9.17) is 5.73 Å². The highest BCUT2D eigenvalue weighted by Crippen LogP contribution is 2.26. The minimum atomic E-state index is -0.709. The number of halogens is 1. The van der Waals surface area contributed by atoms with Gasteiger partial charge in [0.25, 0.3) is 0 Å². The second kappa shape index (κ2) is 7.47. The first kappa shape index (κ1) is 18.2. The van der Waals surface area contributed by atoms with Gasteiger partial charge in [0.2, 0.25) is 11.7 Å². The van der Waals surface area contributed by atoms with E-state index in [1.54, 1.807) is 54.9 Å². The minimum absolute atomic E-state index is 0.235. The fourth-order valence-electron chi connectivity index (χ4n) is 2.98. The molecule has 1 amide bonds. The van der Waals surface area contributed by atoms with Crippen molar-refractivity contribution in [3.8, 4) is 11.1 Å². The number of ketones is 1. The smallest absolute Gasteiger partial charge is 0.241 e. The van der Waals surface area contributed by atoms with Crippen LogP contribution in [-0.2, 0) is 4.79 Å². The maximum atomic E-state index is 14.6.